The van der Waals surface area contributed by atoms with Crippen molar-refractivity contribution in [2.24, 2.45) is 0 Å². The molecule has 2 aromatic carbocycles. The zero-order valence-corrected chi connectivity index (χ0v) is 15.9. The van der Waals surface area contributed by atoms with E-state index in [0.717, 1.165) is 12.1 Å². The highest BCUT2D eigenvalue weighted by atomic mass is 16.6. The van der Waals surface area contributed by atoms with Crippen molar-refractivity contribution in [3.05, 3.63) is 82.4 Å². The van der Waals surface area contributed by atoms with Gasteiger partial charge < -0.3 is 9.80 Å². The van der Waals surface area contributed by atoms with Crippen LogP contribution in [0.25, 0.3) is 5.69 Å². The molecule has 148 valence electrons. The molecule has 0 saturated carbocycles. The van der Waals surface area contributed by atoms with E-state index in [0.29, 0.717) is 13.1 Å². The number of carbonyl (C=O) groups is 1. The molecule has 1 unspecified atom stereocenters. The summed E-state index contributed by atoms with van der Waals surface area (Å²) in [6.07, 6.45) is 2.69. The number of nitrogens with zero attached hydrogens (tertiary/aromatic N) is 6. The Bertz CT molecular complexity index is 1020. The van der Waals surface area contributed by atoms with Crippen LogP contribution < -0.4 is 0 Å². The Balaban J connectivity index is 1.69. The molecule has 1 amide bonds. The Morgan fingerprint density at radius 3 is 2.66 bits per heavy atom. The summed E-state index contributed by atoms with van der Waals surface area (Å²) in [7, 11) is 2.02. The number of hydrogen-bond donors (Lipinski definition) is 0. The van der Waals surface area contributed by atoms with Crippen LogP contribution in [0.2, 0.25) is 0 Å². The largest absolute Gasteiger partial charge is 0.329 e. The predicted molar refractivity (Wildman–Crippen MR) is 106 cm³/mol. The number of rotatable bonds is 4. The van der Waals surface area contributed by atoms with Gasteiger partial charge in [0.2, 0.25) is 0 Å². The molecule has 1 aliphatic rings. The van der Waals surface area contributed by atoms with Crippen LogP contribution in [0, 0.1) is 10.1 Å². The lowest BCUT2D eigenvalue weighted by Crippen LogP contribution is -2.49. The van der Waals surface area contributed by atoms with Gasteiger partial charge in [0.05, 0.1) is 11.0 Å². The topological polar surface area (TPSA) is 97.4 Å². The highest BCUT2D eigenvalue weighted by Crippen LogP contribution is 2.29. The van der Waals surface area contributed by atoms with Gasteiger partial charge in [0.15, 0.2) is 0 Å². The van der Waals surface area contributed by atoms with E-state index in [9.17, 15) is 14.9 Å². The van der Waals surface area contributed by atoms with Gasteiger partial charge in [0, 0.05) is 31.3 Å². The van der Waals surface area contributed by atoms with Crippen LogP contribution in [0.15, 0.2) is 61.2 Å². The minimum atomic E-state index is -0.507. The lowest BCUT2D eigenvalue weighted by atomic mass is 10.0. The van der Waals surface area contributed by atoms with Crippen molar-refractivity contribution >= 4 is 11.6 Å². The molecule has 0 spiro atoms. The number of piperazine rings is 1. The van der Waals surface area contributed by atoms with Crippen LogP contribution in [-0.2, 0) is 0 Å². The zero-order chi connectivity index (χ0) is 20.4. The molecule has 9 heteroatoms. The minimum absolute atomic E-state index is 0.114. The second-order valence-electron chi connectivity index (χ2n) is 6.99. The molecule has 9 nitrogen and oxygen atoms in total. The Hall–Kier alpha value is -3.59. The lowest BCUT2D eigenvalue weighted by Gasteiger charge is -2.40. The molecule has 0 N–H and O–H groups in total. The quantitative estimate of drug-likeness (QED) is 0.499. The van der Waals surface area contributed by atoms with E-state index >= 15 is 0 Å². The molecule has 0 radical (unpaired) electrons. The molecule has 3 aromatic rings. The van der Waals surface area contributed by atoms with E-state index < -0.39 is 4.92 Å². The molecule has 2 heterocycles. The van der Waals surface area contributed by atoms with E-state index in [-0.39, 0.29) is 28.9 Å². The van der Waals surface area contributed by atoms with Crippen molar-refractivity contribution in [2.45, 2.75) is 6.04 Å². The second kappa shape index (κ2) is 7.80. The molecule has 0 bridgehead atoms. The molecule has 1 aliphatic heterocycles. The summed E-state index contributed by atoms with van der Waals surface area (Å²) in [4.78, 5) is 32.2. The lowest BCUT2D eigenvalue weighted by molar-refractivity contribution is -0.384. The average Bonchev–Trinajstić information content (AvgIpc) is 3.28. The van der Waals surface area contributed by atoms with Crippen LogP contribution >= 0.6 is 0 Å². The van der Waals surface area contributed by atoms with Crippen molar-refractivity contribution in [1.29, 1.82) is 0 Å². The summed E-state index contributed by atoms with van der Waals surface area (Å²) in [6.45, 7) is 2.00. The van der Waals surface area contributed by atoms with Crippen molar-refractivity contribution in [1.82, 2.24) is 24.6 Å². The molecule has 1 fully saturated rings. The van der Waals surface area contributed by atoms with Gasteiger partial charge in [-0.1, -0.05) is 30.3 Å². The van der Waals surface area contributed by atoms with Gasteiger partial charge in [-0.15, -0.1) is 0 Å². The Kier molecular flexibility index (Phi) is 5.05. The number of nitro groups is 1. The van der Waals surface area contributed by atoms with Gasteiger partial charge >= 0.3 is 0 Å². The number of benzene rings is 2. The maximum absolute atomic E-state index is 13.3. The highest BCUT2D eigenvalue weighted by molar-refractivity contribution is 5.95. The smallest absolute Gasteiger partial charge is 0.295 e. The molecule has 4 rings (SSSR count). The summed E-state index contributed by atoms with van der Waals surface area (Å²) in [6, 6.07) is 14.2. The molecule has 29 heavy (non-hydrogen) atoms. The first-order valence-electron chi connectivity index (χ1n) is 9.22. The third kappa shape index (κ3) is 3.72. The SMILES string of the molecule is CN1CCN(C(=O)c2ccc(-n3cncn3)c([N+](=O)[O-])c2)C(c2ccccc2)C1. The number of aromatic nitrogens is 3. The standard InChI is InChI=1S/C20H20N6O3/c1-23-9-10-24(19(12-23)15-5-3-2-4-6-15)20(27)16-7-8-17(18(11-16)26(28)29)25-14-21-13-22-25/h2-8,11,13-14,19H,9-10,12H2,1H3. The summed E-state index contributed by atoms with van der Waals surface area (Å²) >= 11 is 0. The fourth-order valence-corrected chi connectivity index (χ4v) is 3.62. The molecule has 1 aromatic heterocycles. The normalized spacial score (nSPS) is 17.3. The van der Waals surface area contributed by atoms with E-state index in [4.69, 9.17) is 0 Å². The summed E-state index contributed by atoms with van der Waals surface area (Å²) < 4.78 is 1.31. The van der Waals surface area contributed by atoms with E-state index in [1.54, 1.807) is 11.0 Å². The Morgan fingerprint density at radius 2 is 1.97 bits per heavy atom. The summed E-state index contributed by atoms with van der Waals surface area (Å²) in [5.74, 6) is -0.222. The molecule has 1 saturated heterocycles. The first-order valence-corrected chi connectivity index (χ1v) is 9.22. The van der Waals surface area contributed by atoms with Crippen molar-refractivity contribution in [3.8, 4) is 5.69 Å². The third-order valence-corrected chi connectivity index (χ3v) is 5.11. The van der Waals surface area contributed by atoms with Crippen LogP contribution in [0.3, 0.4) is 0 Å². The van der Waals surface area contributed by atoms with Crippen molar-refractivity contribution < 1.29 is 9.72 Å². The number of carbonyl (C=O) groups excluding carboxylic acids is 1. The number of amides is 1. The van der Waals surface area contributed by atoms with Crippen LogP contribution in [-0.4, -0.2) is 62.1 Å². The van der Waals surface area contributed by atoms with E-state index in [2.05, 4.69) is 15.0 Å². The molecule has 0 aliphatic carbocycles. The Morgan fingerprint density at radius 1 is 1.17 bits per heavy atom. The molecular weight excluding hydrogens is 372 g/mol. The number of likely N-dealkylation sites (N-methyl/N-ethyl adjacent to an activating group) is 1. The van der Waals surface area contributed by atoms with Crippen molar-refractivity contribution in [3.63, 3.8) is 0 Å². The van der Waals surface area contributed by atoms with E-state index in [1.165, 1.54) is 29.5 Å². The summed E-state index contributed by atoms with van der Waals surface area (Å²) in [5.41, 5.74) is 1.40. The van der Waals surface area contributed by atoms with Gasteiger partial charge in [-0.25, -0.2) is 9.67 Å². The molecule has 1 atom stereocenters. The highest BCUT2D eigenvalue weighted by Gasteiger charge is 2.32. The Labute approximate surface area is 167 Å². The fraction of sp³-hybridized carbons (Fsp3) is 0.250. The first-order chi connectivity index (χ1) is 14.0. The monoisotopic (exact) mass is 392 g/mol. The first kappa shape index (κ1) is 18.8. The number of hydrogen-bond acceptors (Lipinski definition) is 6. The second-order valence-corrected chi connectivity index (χ2v) is 6.99. The van der Waals surface area contributed by atoms with Gasteiger partial charge in [-0.05, 0) is 24.7 Å². The number of nitro benzene ring substituents is 1. The van der Waals surface area contributed by atoms with Crippen LogP contribution in [0.4, 0.5) is 5.69 Å². The van der Waals surface area contributed by atoms with Gasteiger partial charge in [0.25, 0.3) is 11.6 Å². The predicted octanol–water partition coefficient (Wildman–Crippen LogP) is 2.30. The van der Waals surface area contributed by atoms with Gasteiger partial charge in [0.1, 0.15) is 18.3 Å². The van der Waals surface area contributed by atoms with Gasteiger partial charge in [-0.2, -0.15) is 5.10 Å². The van der Waals surface area contributed by atoms with Crippen LogP contribution in [0.1, 0.15) is 22.0 Å². The summed E-state index contributed by atoms with van der Waals surface area (Å²) in [5, 5.41) is 15.6. The maximum Gasteiger partial charge on any atom is 0.295 e. The average molecular weight is 392 g/mol. The minimum Gasteiger partial charge on any atom is -0.329 e. The van der Waals surface area contributed by atoms with Gasteiger partial charge in [-0.3, -0.25) is 14.9 Å². The van der Waals surface area contributed by atoms with Crippen LogP contribution in [0.5, 0.6) is 0 Å². The van der Waals surface area contributed by atoms with E-state index in [1.807, 2.05) is 37.4 Å². The maximum atomic E-state index is 13.3. The molecular formula is C20H20N6O3. The fourth-order valence-electron chi connectivity index (χ4n) is 3.62. The van der Waals surface area contributed by atoms with Crippen molar-refractivity contribution in [2.75, 3.05) is 26.7 Å². The zero-order valence-electron chi connectivity index (χ0n) is 15.9. The third-order valence-electron chi connectivity index (χ3n) is 5.11.